The Balaban J connectivity index is 1.94. The number of methoxy groups -OCH3 is 1. The summed E-state index contributed by atoms with van der Waals surface area (Å²) in [7, 11) is 1.67. The van der Waals surface area contributed by atoms with Crippen LogP contribution in [0.4, 0.5) is 0 Å². The van der Waals surface area contributed by atoms with Crippen LogP contribution in [-0.4, -0.2) is 36.1 Å². The maximum atomic E-state index is 8.75. The molecule has 0 aromatic heterocycles. The monoisotopic (exact) mass is 263 g/mol. The molecule has 1 saturated heterocycles. The third-order valence-electron chi connectivity index (χ3n) is 3.60. The van der Waals surface area contributed by atoms with E-state index in [4.69, 9.17) is 15.7 Å². The Morgan fingerprint density at radius 2 is 2.21 bits per heavy atom. The highest BCUT2D eigenvalue weighted by Crippen LogP contribution is 2.19. The van der Waals surface area contributed by atoms with Crippen molar-refractivity contribution >= 4 is 5.84 Å². The summed E-state index contributed by atoms with van der Waals surface area (Å²) in [6.45, 7) is 2.79. The summed E-state index contributed by atoms with van der Waals surface area (Å²) >= 11 is 0. The van der Waals surface area contributed by atoms with Crippen LogP contribution in [-0.2, 0) is 6.54 Å². The summed E-state index contributed by atoms with van der Waals surface area (Å²) in [6.07, 6.45) is 2.08. The van der Waals surface area contributed by atoms with Crippen LogP contribution in [0.1, 0.15) is 18.4 Å². The third kappa shape index (κ3) is 3.61. The van der Waals surface area contributed by atoms with Gasteiger partial charge in [0.05, 0.1) is 7.11 Å². The van der Waals surface area contributed by atoms with Crippen LogP contribution in [0, 0.1) is 5.92 Å². The van der Waals surface area contributed by atoms with E-state index in [0.717, 1.165) is 38.2 Å². The highest BCUT2D eigenvalue weighted by Gasteiger charge is 2.23. The molecule has 1 unspecified atom stereocenters. The lowest BCUT2D eigenvalue weighted by molar-refractivity contribution is 0.193. The number of hydrogen-bond acceptors (Lipinski definition) is 4. The van der Waals surface area contributed by atoms with E-state index >= 15 is 0 Å². The number of nitrogens with zero attached hydrogens (tertiary/aromatic N) is 2. The summed E-state index contributed by atoms with van der Waals surface area (Å²) in [4.78, 5) is 2.34. The molecule has 0 saturated carbocycles. The summed E-state index contributed by atoms with van der Waals surface area (Å²) in [6, 6.07) is 8.10. The number of benzene rings is 1. The number of hydrogen-bond donors (Lipinski definition) is 2. The van der Waals surface area contributed by atoms with E-state index < -0.39 is 0 Å². The van der Waals surface area contributed by atoms with Gasteiger partial charge in [0.1, 0.15) is 11.6 Å². The quantitative estimate of drug-likeness (QED) is 0.375. The molecular formula is C14H21N3O2. The molecule has 1 aliphatic rings. The second-order valence-corrected chi connectivity index (χ2v) is 4.95. The zero-order chi connectivity index (χ0) is 13.7. The van der Waals surface area contributed by atoms with Crippen molar-refractivity contribution in [3.63, 3.8) is 0 Å². The van der Waals surface area contributed by atoms with Gasteiger partial charge in [-0.25, -0.2) is 0 Å². The van der Waals surface area contributed by atoms with Gasteiger partial charge in [0, 0.05) is 19.0 Å². The van der Waals surface area contributed by atoms with E-state index in [1.807, 2.05) is 12.1 Å². The molecule has 1 heterocycles. The minimum Gasteiger partial charge on any atom is -0.497 e. The van der Waals surface area contributed by atoms with Crippen molar-refractivity contribution < 1.29 is 9.94 Å². The van der Waals surface area contributed by atoms with Gasteiger partial charge >= 0.3 is 0 Å². The maximum Gasteiger partial charge on any atom is 0.143 e. The second kappa shape index (κ2) is 6.43. The lowest BCUT2D eigenvalue weighted by Gasteiger charge is -2.32. The molecule has 0 bridgehead atoms. The number of likely N-dealkylation sites (tertiary alicyclic amines) is 1. The number of ether oxygens (including phenoxy) is 1. The number of amidine groups is 1. The molecule has 19 heavy (non-hydrogen) atoms. The zero-order valence-electron chi connectivity index (χ0n) is 11.2. The highest BCUT2D eigenvalue weighted by molar-refractivity contribution is 5.82. The molecule has 0 aliphatic carbocycles. The second-order valence-electron chi connectivity index (χ2n) is 4.95. The van der Waals surface area contributed by atoms with Crippen LogP contribution >= 0.6 is 0 Å². The molecule has 5 heteroatoms. The Hall–Kier alpha value is -1.75. The van der Waals surface area contributed by atoms with E-state index in [2.05, 4.69) is 22.2 Å². The van der Waals surface area contributed by atoms with Gasteiger partial charge in [0.15, 0.2) is 0 Å². The molecule has 1 aromatic rings. The van der Waals surface area contributed by atoms with Gasteiger partial charge in [-0.05, 0) is 37.1 Å². The number of piperidine rings is 1. The van der Waals surface area contributed by atoms with Crippen LogP contribution in [0.2, 0.25) is 0 Å². The average Bonchev–Trinajstić information content (AvgIpc) is 2.47. The maximum absolute atomic E-state index is 8.75. The van der Waals surface area contributed by atoms with E-state index in [1.165, 1.54) is 5.56 Å². The first-order valence-electron chi connectivity index (χ1n) is 6.55. The highest BCUT2D eigenvalue weighted by atomic mass is 16.5. The first-order valence-corrected chi connectivity index (χ1v) is 6.55. The molecule has 104 valence electrons. The molecule has 1 atom stereocenters. The van der Waals surface area contributed by atoms with E-state index in [0.29, 0.717) is 5.84 Å². The molecule has 1 fully saturated rings. The van der Waals surface area contributed by atoms with Crippen molar-refractivity contribution in [1.29, 1.82) is 0 Å². The topological polar surface area (TPSA) is 71.1 Å². The Morgan fingerprint density at radius 1 is 1.47 bits per heavy atom. The van der Waals surface area contributed by atoms with Crippen molar-refractivity contribution in [1.82, 2.24) is 4.90 Å². The van der Waals surface area contributed by atoms with Crippen LogP contribution in [0.3, 0.4) is 0 Å². The fourth-order valence-corrected chi connectivity index (χ4v) is 2.51. The smallest absolute Gasteiger partial charge is 0.143 e. The molecule has 5 nitrogen and oxygen atoms in total. The van der Waals surface area contributed by atoms with Crippen molar-refractivity contribution in [3.05, 3.63) is 29.8 Å². The van der Waals surface area contributed by atoms with Gasteiger partial charge in [0.25, 0.3) is 0 Å². The fraction of sp³-hybridized carbons (Fsp3) is 0.500. The summed E-state index contributed by atoms with van der Waals surface area (Å²) < 4.78 is 5.15. The minimum atomic E-state index is 0.164. The zero-order valence-corrected chi connectivity index (χ0v) is 11.2. The molecule has 1 aliphatic heterocycles. The van der Waals surface area contributed by atoms with Crippen LogP contribution in [0.5, 0.6) is 5.75 Å². The number of rotatable bonds is 4. The number of nitrogens with two attached hydrogens (primary N) is 1. The van der Waals surface area contributed by atoms with Gasteiger partial charge in [0.2, 0.25) is 0 Å². The third-order valence-corrected chi connectivity index (χ3v) is 3.60. The average molecular weight is 263 g/mol. The lowest BCUT2D eigenvalue weighted by atomic mass is 9.96. The van der Waals surface area contributed by atoms with Crippen molar-refractivity contribution in [3.8, 4) is 5.75 Å². The molecule has 3 N–H and O–H groups in total. The van der Waals surface area contributed by atoms with Gasteiger partial charge in [-0.15, -0.1) is 0 Å². The van der Waals surface area contributed by atoms with Gasteiger partial charge in [-0.2, -0.15) is 0 Å². The first-order chi connectivity index (χ1) is 9.22. The van der Waals surface area contributed by atoms with Gasteiger partial charge < -0.3 is 15.7 Å². The van der Waals surface area contributed by atoms with Crippen LogP contribution in [0.25, 0.3) is 0 Å². The fourth-order valence-electron chi connectivity index (χ4n) is 2.51. The van der Waals surface area contributed by atoms with Gasteiger partial charge in [-0.1, -0.05) is 17.3 Å². The van der Waals surface area contributed by atoms with Crippen molar-refractivity contribution in [2.45, 2.75) is 19.4 Å². The molecule has 2 rings (SSSR count). The first kappa shape index (κ1) is 13.7. The Morgan fingerprint density at radius 3 is 2.84 bits per heavy atom. The SMILES string of the molecule is COc1ccc(CN2CCCC(C(N)=NO)C2)cc1. The van der Waals surface area contributed by atoms with Crippen LogP contribution in [0.15, 0.2) is 29.4 Å². The Bertz CT molecular complexity index is 431. The summed E-state index contributed by atoms with van der Waals surface area (Å²) in [5.41, 5.74) is 6.95. The lowest BCUT2D eigenvalue weighted by Crippen LogP contribution is -2.40. The van der Waals surface area contributed by atoms with Crippen molar-refractivity contribution in [2.75, 3.05) is 20.2 Å². The van der Waals surface area contributed by atoms with Crippen molar-refractivity contribution in [2.24, 2.45) is 16.8 Å². The molecule has 0 amide bonds. The molecule has 0 spiro atoms. The number of oxime groups is 1. The summed E-state index contributed by atoms with van der Waals surface area (Å²) in [5.74, 6) is 1.38. The van der Waals surface area contributed by atoms with Crippen LogP contribution < -0.4 is 10.5 Å². The molecular weight excluding hydrogens is 242 g/mol. The van der Waals surface area contributed by atoms with E-state index in [-0.39, 0.29) is 5.92 Å². The van der Waals surface area contributed by atoms with E-state index in [1.54, 1.807) is 7.11 Å². The normalized spacial score (nSPS) is 21.3. The predicted octanol–water partition coefficient (Wildman–Crippen LogP) is 1.65. The largest absolute Gasteiger partial charge is 0.497 e. The van der Waals surface area contributed by atoms with E-state index in [9.17, 15) is 0 Å². The molecule has 1 aromatic carbocycles. The Kier molecular flexibility index (Phi) is 4.63. The van der Waals surface area contributed by atoms with Gasteiger partial charge in [-0.3, -0.25) is 4.90 Å². The molecule has 0 radical (unpaired) electrons. The summed E-state index contributed by atoms with van der Waals surface area (Å²) in [5, 5.41) is 11.9. The Labute approximate surface area is 113 Å². The standard InChI is InChI=1S/C14H21N3O2/c1-19-13-6-4-11(5-7-13)9-17-8-2-3-12(10-17)14(15)16-18/h4-7,12,18H,2-3,8-10H2,1H3,(H2,15,16). The predicted molar refractivity (Wildman–Crippen MR) is 74.4 cm³/mol. The minimum absolute atomic E-state index is 0.164.